The third-order valence-electron chi connectivity index (χ3n) is 2.31. The first-order chi connectivity index (χ1) is 8.54. The molecule has 0 aliphatic carbocycles. The molecule has 0 fully saturated rings. The summed E-state index contributed by atoms with van der Waals surface area (Å²) in [5, 5.41) is 11.3. The number of carbonyl (C=O) groups is 1. The zero-order valence-electron chi connectivity index (χ0n) is 10.3. The number of nitriles is 1. The first-order valence-corrected chi connectivity index (χ1v) is 6.42. The summed E-state index contributed by atoms with van der Waals surface area (Å²) >= 11 is 3.35. The van der Waals surface area contributed by atoms with Crippen LogP contribution in [0.1, 0.15) is 13.8 Å². The maximum Gasteiger partial charge on any atom is 0.260 e. The van der Waals surface area contributed by atoms with Crippen LogP contribution in [0.3, 0.4) is 0 Å². The minimum absolute atomic E-state index is 0.204. The Labute approximate surface area is 115 Å². The van der Waals surface area contributed by atoms with Crippen molar-refractivity contribution < 1.29 is 9.53 Å². The fraction of sp³-hybridized carbons (Fsp3) is 0.385. The Morgan fingerprint density at radius 3 is 2.78 bits per heavy atom. The molecule has 5 heteroatoms. The lowest BCUT2D eigenvalue weighted by atomic mass is 10.2. The van der Waals surface area contributed by atoms with Gasteiger partial charge in [0, 0.05) is 6.54 Å². The fourth-order valence-electron chi connectivity index (χ4n) is 1.23. The summed E-state index contributed by atoms with van der Waals surface area (Å²) in [5.74, 6) is 0.186. The van der Waals surface area contributed by atoms with Gasteiger partial charge in [-0.1, -0.05) is 12.1 Å². The molecule has 0 spiro atoms. The number of halogens is 1. The third kappa shape index (κ3) is 4.38. The van der Waals surface area contributed by atoms with Gasteiger partial charge in [-0.15, -0.1) is 0 Å². The molecule has 1 aromatic rings. The van der Waals surface area contributed by atoms with E-state index in [0.29, 0.717) is 12.3 Å². The Bertz CT molecular complexity index is 457. The van der Waals surface area contributed by atoms with Crippen molar-refractivity contribution in [1.29, 1.82) is 5.26 Å². The Morgan fingerprint density at radius 1 is 1.50 bits per heavy atom. The topological polar surface area (TPSA) is 62.1 Å². The normalized spacial score (nSPS) is 13.2. The molecule has 1 rings (SSSR count). The standard InChI is InChI=1S/C13H15BrN2O2/c1-9(7-15)8-16-13(17)10(2)18-12-6-4-3-5-11(12)14/h3-6,9-10H,8H2,1-2H3,(H,16,17)/t9-,10-/m0/s1. The maximum atomic E-state index is 11.7. The Balaban J connectivity index is 2.51. The van der Waals surface area contributed by atoms with Gasteiger partial charge in [-0.05, 0) is 41.9 Å². The molecule has 0 saturated carbocycles. The number of ether oxygens (including phenoxy) is 1. The van der Waals surface area contributed by atoms with Gasteiger partial charge in [0.05, 0.1) is 16.5 Å². The predicted octanol–water partition coefficient (Wildman–Crippen LogP) is 2.49. The van der Waals surface area contributed by atoms with Gasteiger partial charge in [0.2, 0.25) is 0 Å². The third-order valence-corrected chi connectivity index (χ3v) is 2.97. The summed E-state index contributed by atoms with van der Waals surface area (Å²) in [6, 6.07) is 9.39. The van der Waals surface area contributed by atoms with Gasteiger partial charge < -0.3 is 10.1 Å². The molecule has 0 aliphatic rings. The van der Waals surface area contributed by atoms with Gasteiger partial charge in [0.15, 0.2) is 6.10 Å². The van der Waals surface area contributed by atoms with Gasteiger partial charge in [-0.25, -0.2) is 0 Å². The largest absolute Gasteiger partial charge is 0.480 e. The molecule has 0 aliphatic heterocycles. The number of rotatable bonds is 5. The second-order valence-electron chi connectivity index (χ2n) is 3.97. The van der Waals surface area contributed by atoms with E-state index in [2.05, 4.69) is 27.3 Å². The fourth-order valence-corrected chi connectivity index (χ4v) is 1.61. The Hall–Kier alpha value is -1.54. The molecule has 18 heavy (non-hydrogen) atoms. The predicted molar refractivity (Wildman–Crippen MR) is 72.0 cm³/mol. The number of para-hydroxylation sites is 1. The highest BCUT2D eigenvalue weighted by Crippen LogP contribution is 2.24. The summed E-state index contributed by atoms with van der Waals surface area (Å²) in [5.41, 5.74) is 0. The maximum absolute atomic E-state index is 11.7. The van der Waals surface area contributed by atoms with E-state index in [1.165, 1.54) is 0 Å². The lowest BCUT2D eigenvalue weighted by molar-refractivity contribution is -0.127. The highest BCUT2D eigenvalue weighted by Gasteiger charge is 2.16. The first-order valence-electron chi connectivity index (χ1n) is 5.63. The smallest absolute Gasteiger partial charge is 0.260 e. The van der Waals surface area contributed by atoms with Crippen molar-refractivity contribution >= 4 is 21.8 Å². The highest BCUT2D eigenvalue weighted by molar-refractivity contribution is 9.10. The van der Waals surface area contributed by atoms with Crippen LogP contribution in [-0.2, 0) is 4.79 Å². The van der Waals surface area contributed by atoms with Crippen LogP contribution in [0, 0.1) is 17.2 Å². The zero-order valence-corrected chi connectivity index (χ0v) is 11.9. The van der Waals surface area contributed by atoms with Crippen LogP contribution in [0.25, 0.3) is 0 Å². The minimum Gasteiger partial charge on any atom is -0.480 e. The molecule has 0 unspecified atom stereocenters. The van der Waals surface area contributed by atoms with Crippen LogP contribution < -0.4 is 10.1 Å². The number of amides is 1. The molecule has 2 atom stereocenters. The summed E-state index contributed by atoms with van der Waals surface area (Å²) in [6.45, 7) is 3.75. The number of nitrogens with one attached hydrogen (secondary N) is 1. The number of nitrogens with zero attached hydrogens (tertiary/aromatic N) is 1. The van der Waals surface area contributed by atoms with Crippen molar-refractivity contribution in [2.24, 2.45) is 5.92 Å². The Morgan fingerprint density at radius 2 is 2.17 bits per heavy atom. The lowest BCUT2D eigenvalue weighted by Gasteiger charge is -2.16. The summed E-state index contributed by atoms with van der Waals surface area (Å²) < 4.78 is 6.33. The molecule has 0 saturated heterocycles. The molecule has 96 valence electrons. The van der Waals surface area contributed by atoms with Crippen molar-refractivity contribution in [2.75, 3.05) is 6.54 Å². The van der Waals surface area contributed by atoms with Gasteiger partial charge in [-0.3, -0.25) is 4.79 Å². The number of benzene rings is 1. The van der Waals surface area contributed by atoms with Gasteiger partial charge in [0.25, 0.3) is 5.91 Å². The van der Waals surface area contributed by atoms with Crippen LogP contribution >= 0.6 is 15.9 Å². The molecule has 0 aromatic heterocycles. The average molecular weight is 311 g/mol. The average Bonchev–Trinajstić information content (AvgIpc) is 2.38. The second kappa shape index (κ2) is 7.02. The monoisotopic (exact) mass is 310 g/mol. The van der Waals surface area contributed by atoms with Crippen LogP contribution in [0.2, 0.25) is 0 Å². The quantitative estimate of drug-likeness (QED) is 0.909. The van der Waals surface area contributed by atoms with Crippen molar-refractivity contribution in [2.45, 2.75) is 20.0 Å². The molecule has 1 N–H and O–H groups in total. The molecule has 4 nitrogen and oxygen atoms in total. The SMILES string of the molecule is C[C@H](Oc1ccccc1Br)C(=O)NC[C@@H](C)C#N. The van der Waals surface area contributed by atoms with Gasteiger partial charge in [0.1, 0.15) is 5.75 Å². The lowest BCUT2D eigenvalue weighted by Crippen LogP contribution is -2.38. The van der Waals surface area contributed by atoms with E-state index < -0.39 is 6.10 Å². The molecule has 0 bridgehead atoms. The summed E-state index contributed by atoms with van der Waals surface area (Å²) in [4.78, 5) is 11.7. The molecular formula is C13H15BrN2O2. The zero-order chi connectivity index (χ0) is 13.5. The molecule has 0 radical (unpaired) electrons. The van der Waals surface area contributed by atoms with Gasteiger partial charge >= 0.3 is 0 Å². The summed E-state index contributed by atoms with van der Waals surface area (Å²) in [6.07, 6.45) is -0.602. The van der Waals surface area contributed by atoms with E-state index in [0.717, 1.165) is 4.47 Å². The first kappa shape index (κ1) is 14.5. The summed E-state index contributed by atoms with van der Waals surface area (Å²) in [7, 11) is 0. The number of hydrogen-bond acceptors (Lipinski definition) is 3. The van der Waals surface area contributed by atoms with Crippen LogP contribution in [0.5, 0.6) is 5.75 Å². The molecular weight excluding hydrogens is 296 g/mol. The number of carbonyl (C=O) groups excluding carboxylic acids is 1. The van der Waals surface area contributed by atoms with E-state index in [-0.39, 0.29) is 11.8 Å². The molecule has 1 amide bonds. The second-order valence-corrected chi connectivity index (χ2v) is 4.82. The van der Waals surface area contributed by atoms with Crippen molar-refractivity contribution in [3.63, 3.8) is 0 Å². The van der Waals surface area contributed by atoms with E-state index in [9.17, 15) is 4.79 Å². The van der Waals surface area contributed by atoms with E-state index in [1.807, 2.05) is 18.2 Å². The van der Waals surface area contributed by atoms with Crippen molar-refractivity contribution in [1.82, 2.24) is 5.32 Å². The minimum atomic E-state index is -0.602. The van der Waals surface area contributed by atoms with E-state index >= 15 is 0 Å². The van der Waals surface area contributed by atoms with Crippen LogP contribution in [0.15, 0.2) is 28.7 Å². The molecule has 1 aromatic carbocycles. The van der Waals surface area contributed by atoms with Gasteiger partial charge in [-0.2, -0.15) is 5.26 Å². The van der Waals surface area contributed by atoms with Crippen LogP contribution in [0.4, 0.5) is 0 Å². The Kier molecular flexibility index (Phi) is 5.66. The number of hydrogen-bond donors (Lipinski definition) is 1. The van der Waals surface area contributed by atoms with E-state index in [4.69, 9.17) is 10.00 Å². The van der Waals surface area contributed by atoms with Crippen molar-refractivity contribution in [3.8, 4) is 11.8 Å². The highest BCUT2D eigenvalue weighted by atomic mass is 79.9. The van der Waals surface area contributed by atoms with Crippen molar-refractivity contribution in [3.05, 3.63) is 28.7 Å². The van der Waals surface area contributed by atoms with E-state index in [1.54, 1.807) is 19.9 Å². The van der Waals surface area contributed by atoms with Crippen LogP contribution in [-0.4, -0.2) is 18.6 Å². The molecule has 0 heterocycles.